The van der Waals surface area contributed by atoms with Crippen molar-refractivity contribution in [2.45, 2.75) is 13.3 Å². The molecule has 0 fully saturated rings. The second-order valence-electron chi connectivity index (χ2n) is 6.54. The summed E-state index contributed by atoms with van der Waals surface area (Å²) >= 11 is 5.28. The molecule has 144 valence electrons. The van der Waals surface area contributed by atoms with Gasteiger partial charge in [-0.15, -0.1) is 0 Å². The van der Waals surface area contributed by atoms with E-state index in [2.05, 4.69) is 20.6 Å². The molecule has 7 heteroatoms. The van der Waals surface area contributed by atoms with Gasteiger partial charge in [0.2, 0.25) is 11.8 Å². The molecule has 6 nitrogen and oxygen atoms in total. The molecule has 0 saturated carbocycles. The number of anilines is 1. The molecule has 2 aromatic heterocycles. The second kappa shape index (κ2) is 8.20. The highest BCUT2D eigenvalue weighted by atomic mass is 32.1. The molecule has 0 spiro atoms. The van der Waals surface area contributed by atoms with Crippen LogP contribution in [0.5, 0.6) is 0 Å². The van der Waals surface area contributed by atoms with E-state index in [1.807, 2.05) is 67.6 Å². The Labute approximate surface area is 173 Å². The summed E-state index contributed by atoms with van der Waals surface area (Å²) in [6.45, 7) is 1.95. The highest BCUT2D eigenvalue weighted by Crippen LogP contribution is 2.26. The first-order valence-electron chi connectivity index (χ1n) is 9.06. The molecule has 0 radical (unpaired) electrons. The van der Waals surface area contributed by atoms with Gasteiger partial charge in [0.15, 0.2) is 16.3 Å². The molecule has 1 amide bonds. The Balaban J connectivity index is 1.42. The summed E-state index contributed by atoms with van der Waals surface area (Å²) in [5.74, 6) is 0.342. The van der Waals surface area contributed by atoms with Crippen molar-refractivity contribution in [2.75, 3.05) is 5.32 Å². The Kier molecular flexibility index (Phi) is 5.31. The Hall–Kier alpha value is -3.58. The molecule has 0 aliphatic carbocycles. The summed E-state index contributed by atoms with van der Waals surface area (Å²) in [7, 11) is 0. The maximum absolute atomic E-state index is 12.2. The number of carbonyl (C=O) groups excluding carboxylic acids is 1. The molecule has 0 aliphatic rings. The highest BCUT2D eigenvalue weighted by Gasteiger charge is 2.11. The van der Waals surface area contributed by atoms with Crippen LogP contribution in [0.4, 0.5) is 5.69 Å². The maximum atomic E-state index is 12.2. The van der Waals surface area contributed by atoms with Crippen LogP contribution in [0.25, 0.3) is 22.7 Å². The summed E-state index contributed by atoms with van der Waals surface area (Å²) in [4.78, 5) is 20.8. The molecule has 0 saturated heterocycles. The van der Waals surface area contributed by atoms with Crippen LogP contribution in [-0.2, 0) is 11.2 Å². The van der Waals surface area contributed by atoms with Crippen LogP contribution >= 0.6 is 12.2 Å². The molecule has 2 heterocycles. The normalized spacial score (nSPS) is 10.7. The van der Waals surface area contributed by atoms with Crippen molar-refractivity contribution >= 4 is 40.2 Å². The minimum Gasteiger partial charge on any atom is -0.434 e. The number of amides is 1. The van der Waals surface area contributed by atoms with Crippen LogP contribution in [0.1, 0.15) is 11.1 Å². The van der Waals surface area contributed by atoms with Crippen molar-refractivity contribution < 1.29 is 9.21 Å². The maximum Gasteiger partial charge on any atom is 0.230 e. The van der Waals surface area contributed by atoms with Crippen LogP contribution in [0.15, 0.2) is 71.3 Å². The van der Waals surface area contributed by atoms with Gasteiger partial charge in [-0.25, -0.2) is 4.98 Å². The average molecular weight is 402 g/mol. The lowest BCUT2D eigenvalue weighted by molar-refractivity contribution is -0.119. The molecule has 0 bridgehead atoms. The number of carbonyl (C=O) groups is 1. The van der Waals surface area contributed by atoms with Crippen LogP contribution < -0.4 is 10.6 Å². The van der Waals surface area contributed by atoms with E-state index in [4.69, 9.17) is 16.6 Å². The molecule has 0 atom stereocenters. The molecule has 4 rings (SSSR count). The van der Waals surface area contributed by atoms with Crippen LogP contribution in [0.2, 0.25) is 0 Å². The average Bonchev–Trinajstić information content (AvgIpc) is 3.14. The molecular weight excluding hydrogens is 384 g/mol. The first-order chi connectivity index (χ1) is 14.1. The lowest BCUT2D eigenvalue weighted by Gasteiger charge is -2.12. The Bertz CT molecular complexity index is 1150. The number of nitrogens with zero attached hydrogens (tertiary/aromatic N) is 2. The Morgan fingerprint density at radius 3 is 2.69 bits per heavy atom. The standard InChI is InChI=1S/C22H18N4O2S/c1-14-12-16(21-26-20-18(28-21)8-5-11-23-20)9-10-17(14)24-22(29)25-19(27)13-15-6-3-2-4-7-15/h2-12H,13H2,1H3,(H2,24,25,27,29). The number of rotatable bonds is 4. The van der Waals surface area contributed by atoms with E-state index in [1.165, 1.54) is 0 Å². The zero-order valence-electron chi connectivity index (χ0n) is 15.7. The van der Waals surface area contributed by atoms with Crippen molar-refractivity contribution in [1.29, 1.82) is 0 Å². The van der Waals surface area contributed by atoms with Gasteiger partial charge in [-0.1, -0.05) is 30.3 Å². The van der Waals surface area contributed by atoms with E-state index >= 15 is 0 Å². The fraction of sp³-hybridized carbons (Fsp3) is 0.0909. The predicted molar refractivity (Wildman–Crippen MR) is 116 cm³/mol. The van der Waals surface area contributed by atoms with Gasteiger partial charge < -0.3 is 15.1 Å². The van der Waals surface area contributed by atoms with E-state index < -0.39 is 0 Å². The van der Waals surface area contributed by atoms with Gasteiger partial charge in [0.05, 0.1) is 6.42 Å². The Morgan fingerprint density at radius 1 is 1.10 bits per heavy atom. The van der Waals surface area contributed by atoms with E-state index in [0.717, 1.165) is 22.4 Å². The molecule has 4 aromatic rings. The number of hydrogen-bond acceptors (Lipinski definition) is 5. The number of benzene rings is 2. The SMILES string of the molecule is Cc1cc(-c2nc3ncccc3o2)ccc1NC(=S)NC(=O)Cc1ccccc1. The second-order valence-corrected chi connectivity index (χ2v) is 6.95. The van der Waals surface area contributed by atoms with Crippen molar-refractivity contribution in [3.8, 4) is 11.5 Å². The van der Waals surface area contributed by atoms with E-state index in [1.54, 1.807) is 6.20 Å². The van der Waals surface area contributed by atoms with E-state index in [9.17, 15) is 4.79 Å². The zero-order chi connectivity index (χ0) is 20.2. The fourth-order valence-corrected chi connectivity index (χ4v) is 3.16. The number of nitrogens with one attached hydrogen (secondary N) is 2. The molecule has 2 N–H and O–H groups in total. The third kappa shape index (κ3) is 4.47. The summed E-state index contributed by atoms with van der Waals surface area (Å²) in [6, 6.07) is 18.9. The smallest absolute Gasteiger partial charge is 0.230 e. The quantitative estimate of drug-likeness (QED) is 0.497. The fourth-order valence-electron chi connectivity index (χ4n) is 2.94. The lowest BCUT2D eigenvalue weighted by Crippen LogP contribution is -2.35. The monoisotopic (exact) mass is 402 g/mol. The summed E-state index contributed by atoms with van der Waals surface area (Å²) < 4.78 is 5.76. The zero-order valence-corrected chi connectivity index (χ0v) is 16.5. The number of hydrogen-bond donors (Lipinski definition) is 2. The minimum atomic E-state index is -0.165. The van der Waals surface area contributed by atoms with Gasteiger partial charge in [0, 0.05) is 17.4 Å². The van der Waals surface area contributed by atoms with Gasteiger partial charge >= 0.3 is 0 Å². The number of aromatic nitrogens is 2. The summed E-state index contributed by atoms with van der Waals surface area (Å²) in [6.07, 6.45) is 1.95. The van der Waals surface area contributed by atoms with Crippen molar-refractivity contribution in [1.82, 2.24) is 15.3 Å². The van der Waals surface area contributed by atoms with E-state index in [0.29, 0.717) is 17.1 Å². The molecule has 0 aliphatic heterocycles. The third-order valence-corrected chi connectivity index (χ3v) is 4.55. The molecule has 2 aromatic carbocycles. The predicted octanol–water partition coefficient (Wildman–Crippen LogP) is 4.25. The Morgan fingerprint density at radius 2 is 1.93 bits per heavy atom. The van der Waals surface area contributed by atoms with Gasteiger partial charge in [-0.05, 0) is 60.6 Å². The van der Waals surface area contributed by atoms with Gasteiger partial charge in [0.1, 0.15) is 0 Å². The number of fused-ring (bicyclic) bond motifs is 1. The third-order valence-electron chi connectivity index (χ3n) is 4.35. The molecule has 29 heavy (non-hydrogen) atoms. The largest absolute Gasteiger partial charge is 0.434 e. The van der Waals surface area contributed by atoms with Gasteiger partial charge in [-0.2, -0.15) is 4.98 Å². The van der Waals surface area contributed by atoms with Crippen LogP contribution in [0, 0.1) is 6.92 Å². The number of oxazole rings is 1. The van der Waals surface area contributed by atoms with Crippen molar-refractivity contribution in [3.63, 3.8) is 0 Å². The summed E-state index contributed by atoms with van der Waals surface area (Å²) in [5, 5.41) is 6.04. The highest BCUT2D eigenvalue weighted by molar-refractivity contribution is 7.80. The van der Waals surface area contributed by atoms with Crippen LogP contribution in [-0.4, -0.2) is 21.0 Å². The molecule has 0 unspecified atom stereocenters. The molecular formula is C22H18N4O2S. The number of thiocarbonyl (C=S) groups is 1. The first-order valence-corrected chi connectivity index (χ1v) is 9.46. The van der Waals surface area contributed by atoms with Crippen molar-refractivity contribution in [3.05, 3.63) is 78.0 Å². The number of aryl methyl sites for hydroxylation is 1. The lowest BCUT2D eigenvalue weighted by atomic mass is 10.1. The van der Waals surface area contributed by atoms with Crippen LogP contribution in [0.3, 0.4) is 0 Å². The van der Waals surface area contributed by atoms with Gasteiger partial charge in [-0.3, -0.25) is 4.79 Å². The minimum absolute atomic E-state index is 0.165. The van der Waals surface area contributed by atoms with E-state index in [-0.39, 0.29) is 17.4 Å². The number of pyridine rings is 1. The van der Waals surface area contributed by atoms with Crippen molar-refractivity contribution in [2.24, 2.45) is 0 Å². The summed E-state index contributed by atoms with van der Waals surface area (Å²) in [5.41, 5.74) is 4.73. The topological polar surface area (TPSA) is 80.1 Å². The van der Waals surface area contributed by atoms with Gasteiger partial charge in [0.25, 0.3) is 0 Å². The first kappa shape index (κ1) is 18.8.